The Kier molecular flexibility index (Phi) is 8.49. The molecule has 7 nitrogen and oxygen atoms in total. The van der Waals surface area contributed by atoms with Gasteiger partial charge in [0.2, 0.25) is 0 Å². The molecule has 0 fully saturated rings. The van der Waals surface area contributed by atoms with Crippen molar-refractivity contribution in [1.29, 1.82) is 0 Å². The molecule has 1 N–H and O–H groups in total. The number of hydrazone groups is 1. The highest BCUT2D eigenvalue weighted by molar-refractivity contribution is 14.1. The summed E-state index contributed by atoms with van der Waals surface area (Å²) in [5.74, 6) is -0.0235. The van der Waals surface area contributed by atoms with Gasteiger partial charge in [0.25, 0.3) is 5.91 Å². The predicted molar refractivity (Wildman–Crippen MR) is 139 cm³/mol. The van der Waals surface area contributed by atoms with Crippen molar-refractivity contribution in [2.24, 2.45) is 5.10 Å². The monoisotopic (exact) mass is 642 g/mol. The molecule has 0 aliphatic carbocycles. The Labute approximate surface area is 214 Å². The fourth-order valence-corrected chi connectivity index (χ4v) is 4.97. The third-order valence-corrected chi connectivity index (χ3v) is 6.83. The van der Waals surface area contributed by atoms with E-state index in [0.717, 1.165) is 10.0 Å². The molecule has 0 saturated heterocycles. The maximum Gasteiger partial charge on any atom is 0.339 e. The molecule has 0 aromatic heterocycles. The van der Waals surface area contributed by atoms with E-state index in [2.05, 4.69) is 26.5 Å². The van der Waals surface area contributed by atoms with E-state index in [-0.39, 0.29) is 22.3 Å². The van der Waals surface area contributed by atoms with Gasteiger partial charge < -0.3 is 8.92 Å². The largest absolute Gasteiger partial charge is 0.490 e. The van der Waals surface area contributed by atoms with Crippen LogP contribution < -0.4 is 14.3 Å². The zero-order valence-corrected chi connectivity index (χ0v) is 22.3. The topological polar surface area (TPSA) is 94.1 Å². The van der Waals surface area contributed by atoms with Crippen molar-refractivity contribution in [3.63, 3.8) is 0 Å². The zero-order valence-electron chi connectivity index (χ0n) is 17.7. The Morgan fingerprint density at radius 1 is 1.15 bits per heavy atom. The van der Waals surface area contributed by atoms with E-state index in [9.17, 15) is 13.2 Å². The van der Waals surface area contributed by atoms with Crippen LogP contribution in [0.1, 0.15) is 28.4 Å². The van der Waals surface area contributed by atoms with Gasteiger partial charge in [0.1, 0.15) is 4.90 Å². The number of amides is 1. The second-order valence-corrected chi connectivity index (χ2v) is 10.4. The van der Waals surface area contributed by atoms with Gasteiger partial charge in [0, 0.05) is 10.0 Å². The SMILES string of the molecule is CCOc1cc(/C=N\NC(=O)c2cccc(Br)c2)cc(I)c1OS(=O)(=O)c1ccc(C)cc1. The first-order valence-electron chi connectivity index (χ1n) is 9.76. The number of nitrogens with zero attached hydrogens (tertiary/aromatic N) is 1. The van der Waals surface area contributed by atoms with Crippen molar-refractivity contribution >= 4 is 60.8 Å². The summed E-state index contributed by atoms with van der Waals surface area (Å²) in [6.07, 6.45) is 1.44. The van der Waals surface area contributed by atoms with E-state index < -0.39 is 10.1 Å². The van der Waals surface area contributed by atoms with Gasteiger partial charge in [-0.15, -0.1) is 0 Å². The number of carbonyl (C=O) groups is 1. The van der Waals surface area contributed by atoms with Gasteiger partial charge in [-0.2, -0.15) is 13.5 Å². The first-order valence-corrected chi connectivity index (χ1v) is 13.0. The Hall–Kier alpha value is -2.44. The molecule has 0 spiro atoms. The molecule has 3 rings (SSSR count). The average molecular weight is 643 g/mol. The number of aryl methyl sites for hydroxylation is 1. The quantitative estimate of drug-likeness (QED) is 0.156. The Balaban J connectivity index is 1.82. The first-order chi connectivity index (χ1) is 15.7. The molecule has 0 bridgehead atoms. The maximum atomic E-state index is 12.8. The summed E-state index contributed by atoms with van der Waals surface area (Å²) >= 11 is 5.29. The molecule has 0 heterocycles. The summed E-state index contributed by atoms with van der Waals surface area (Å²) in [5, 5.41) is 3.99. The lowest BCUT2D eigenvalue weighted by Crippen LogP contribution is -2.17. The highest BCUT2D eigenvalue weighted by Gasteiger charge is 2.22. The first kappa shape index (κ1) is 25.2. The molecule has 172 valence electrons. The highest BCUT2D eigenvalue weighted by atomic mass is 127. The Bertz CT molecular complexity index is 1290. The van der Waals surface area contributed by atoms with Crippen molar-refractivity contribution in [2.45, 2.75) is 18.7 Å². The number of rotatable bonds is 8. The van der Waals surface area contributed by atoms with Crippen LogP contribution in [-0.2, 0) is 10.1 Å². The summed E-state index contributed by atoms with van der Waals surface area (Å²) < 4.78 is 37.9. The fourth-order valence-electron chi connectivity index (χ4n) is 2.73. The van der Waals surface area contributed by atoms with E-state index in [1.165, 1.54) is 18.3 Å². The molecule has 33 heavy (non-hydrogen) atoms. The molecule has 0 unspecified atom stereocenters. The number of ether oxygens (including phenoxy) is 1. The maximum absolute atomic E-state index is 12.8. The van der Waals surface area contributed by atoms with Crippen LogP contribution in [0.5, 0.6) is 11.5 Å². The molecular weight excluding hydrogens is 623 g/mol. The normalized spacial score (nSPS) is 11.4. The molecule has 0 atom stereocenters. The molecule has 1 amide bonds. The number of carbonyl (C=O) groups excluding carboxylic acids is 1. The molecular formula is C23H20BrIN2O5S. The minimum Gasteiger partial charge on any atom is -0.490 e. The van der Waals surface area contributed by atoms with Crippen molar-refractivity contribution in [3.8, 4) is 11.5 Å². The zero-order chi connectivity index (χ0) is 24.0. The van der Waals surface area contributed by atoms with Gasteiger partial charge in [-0.25, -0.2) is 5.43 Å². The van der Waals surface area contributed by atoms with Crippen LogP contribution in [0, 0.1) is 10.5 Å². The minimum absolute atomic E-state index is 0.0484. The molecule has 0 saturated carbocycles. The van der Waals surface area contributed by atoms with Gasteiger partial charge in [-0.3, -0.25) is 4.79 Å². The highest BCUT2D eigenvalue weighted by Crippen LogP contribution is 2.36. The van der Waals surface area contributed by atoms with E-state index in [1.54, 1.807) is 49.4 Å². The van der Waals surface area contributed by atoms with Crippen molar-refractivity contribution in [1.82, 2.24) is 5.43 Å². The van der Waals surface area contributed by atoms with Crippen LogP contribution in [-0.4, -0.2) is 27.1 Å². The third-order valence-electron chi connectivity index (χ3n) is 4.30. The minimum atomic E-state index is -4.05. The molecule has 0 aliphatic rings. The van der Waals surface area contributed by atoms with Crippen LogP contribution in [0.4, 0.5) is 0 Å². The van der Waals surface area contributed by atoms with E-state index >= 15 is 0 Å². The average Bonchev–Trinajstić information content (AvgIpc) is 2.76. The Morgan fingerprint density at radius 3 is 2.55 bits per heavy atom. The molecule has 0 radical (unpaired) electrons. The second-order valence-electron chi connectivity index (χ2n) is 6.82. The predicted octanol–water partition coefficient (Wildman–Crippen LogP) is 5.29. The number of hydrogen-bond acceptors (Lipinski definition) is 6. The second kappa shape index (κ2) is 11.1. The van der Waals surface area contributed by atoms with Crippen LogP contribution in [0.3, 0.4) is 0 Å². The van der Waals surface area contributed by atoms with Crippen LogP contribution >= 0.6 is 38.5 Å². The number of hydrogen-bond donors (Lipinski definition) is 1. The number of halogens is 2. The third kappa shape index (κ3) is 6.78. The summed E-state index contributed by atoms with van der Waals surface area (Å²) in [6, 6.07) is 16.6. The van der Waals surface area contributed by atoms with E-state index in [1.807, 2.05) is 35.6 Å². The smallest absolute Gasteiger partial charge is 0.339 e. The van der Waals surface area contributed by atoms with E-state index in [4.69, 9.17) is 8.92 Å². The summed E-state index contributed by atoms with van der Waals surface area (Å²) in [5.41, 5.74) is 4.45. The van der Waals surface area contributed by atoms with Gasteiger partial charge in [0.15, 0.2) is 11.5 Å². The lowest BCUT2D eigenvalue weighted by Gasteiger charge is -2.14. The molecule has 10 heteroatoms. The van der Waals surface area contributed by atoms with Crippen LogP contribution in [0.15, 0.2) is 75.1 Å². The molecule has 3 aromatic carbocycles. The van der Waals surface area contributed by atoms with Crippen molar-refractivity contribution < 1.29 is 22.1 Å². The molecule has 0 aliphatic heterocycles. The Morgan fingerprint density at radius 2 is 1.88 bits per heavy atom. The summed E-state index contributed by atoms with van der Waals surface area (Å²) in [4.78, 5) is 12.3. The summed E-state index contributed by atoms with van der Waals surface area (Å²) in [6.45, 7) is 3.95. The van der Waals surface area contributed by atoms with Gasteiger partial charge in [-0.05, 0) is 84.5 Å². The lowest BCUT2D eigenvalue weighted by atomic mass is 10.2. The van der Waals surface area contributed by atoms with Gasteiger partial charge >= 0.3 is 10.1 Å². The van der Waals surface area contributed by atoms with E-state index in [0.29, 0.717) is 21.3 Å². The fraction of sp³-hybridized carbons (Fsp3) is 0.130. The summed E-state index contributed by atoms with van der Waals surface area (Å²) in [7, 11) is -4.05. The van der Waals surface area contributed by atoms with Crippen LogP contribution in [0.2, 0.25) is 0 Å². The van der Waals surface area contributed by atoms with Gasteiger partial charge in [0.05, 0.1) is 16.4 Å². The number of benzene rings is 3. The lowest BCUT2D eigenvalue weighted by molar-refractivity contribution is 0.0955. The molecule has 3 aromatic rings. The standard InChI is InChI=1S/C23H20BrIN2O5S/c1-3-31-21-12-16(14-26-27-23(28)17-5-4-6-18(24)13-17)11-20(25)22(21)32-33(29,30)19-9-7-15(2)8-10-19/h4-14H,3H2,1-2H3,(H,27,28)/b26-14-. The number of nitrogens with one attached hydrogen (secondary N) is 1. The van der Waals surface area contributed by atoms with Crippen molar-refractivity contribution in [2.75, 3.05) is 6.61 Å². The van der Waals surface area contributed by atoms with Gasteiger partial charge in [-0.1, -0.05) is 39.7 Å². The van der Waals surface area contributed by atoms with Crippen LogP contribution in [0.25, 0.3) is 0 Å². The van der Waals surface area contributed by atoms with Crippen molar-refractivity contribution in [3.05, 3.63) is 85.4 Å².